The number of halogens is 2. The van der Waals surface area contributed by atoms with E-state index < -0.39 is 0 Å². The lowest BCUT2D eigenvalue weighted by Gasteiger charge is -2.12. The monoisotopic (exact) mass is 369 g/mol. The van der Waals surface area contributed by atoms with Gasteiger partial charge in [-0.05, 0) is 62.0 Å². The van der Waals surface area contributed by atoms with Gasteiger partial charge in [-0.1, -0.05) is 24.3 Å². The average Bonchev–Trinajstić information content (AvgIpc) is 2.30. The number of nitrogen functional groups attached to an aromatic ring is 1. The predicted octanol–water partition coefficient (Wildman–Crippen LogP) is 4.68. The van der Waals surface area contributed by atoms with E-state index >= 15 is 0 Å². The Bertz CT molecular complexity index is 546. The maximum absolute atomic E-state index is 5.84. The number of hydrogen-bond acceptors (Lipinski definition) is 2. The zero-order valence-electron chi connectivity index (χ0n) is 9.91. The van der Waals surface area contributed by atoms with Crippen molar-refractivity contribution >= 4 is 37.5 Å². The molecule has 0 aliphatic carbocycles. The molecule has 0 heterocycles. The van der Waals surface area contributed by atoms with Crippen LogP contribution in [0.3, 0.4) is 0 Å². The second-order valence-electron chi connectivity index (χ2n) is 4.03. The molecule has 0 spiro atoms. The third-order valence-corrected chi connectivity index (χ3v) is 3.83. The van der Waals surface area contributed by atoms with Crippen molar-refractivity contribution in [3.05, 3.63) is 56.5 Å². The molecule has 0 amide bonds. The van der Waals surface area contributed by atoms with Crippen LogP contribution in [0.25, 0.3) is 0 Å². The minimum atomic E-state index is 0.536. The van der Waals surface area contributed by atoms with E-state index in [1.807, 2.05) is 24.3 Å². The molecule has 0 aliphatic heterocycles. The second-order valence-corrected chi connectivity index (χ2v) is 5.74. The number of hydrogen-bond donors (Lipinski definition) is 1. The van der Waals surface area contributed by atoms with Crippen molar-refractivity contribution < 1.29 is 4.74 Å². The fourth-order valence-corrected chi connectivity index (χ4v) is 3.09. The smallest absolute Gasteiger partial charge is 0.148 e. The molecule has 2 N–H and O–H groups in total. The largest absolute Gasteiger partial charge is 0.487 e. The van der Waals surface area contributed by atoms with Crippen LogP contribution in [0.1, 0.15) is 11.1 Å². The Morgan fingerprint density at radius 1 is 1.11 bits per heavy atom. The van der Waals surface area contributed by atoms with E-state index in [2.05, 4.69) is 50.9 Å². The van der Waals surface area contributed by atoms with Gasteiger partial charge in [0.25, 0.3) is 0 Å². The average molecular weight is 371 g/mol. The Morgan fingerprint density at radius 3 is 2.33 bits per heavy atom. The molecular formula is C14H13Br2NO. The minimum absolute atomic E-state index is 0.536. The summed E-state index contributed by atoms with van der Waals surface area (Å²) in [4.78, 5) is 0. The summed E-state index contributed by atoms with van der Waals surface area (Å²) < 4.78 is 7.54. The van der Waals surface area contributed by atoms with Gasteiger partial charge in [0, 0.05) is 5.69 Å². The van der Waals surface area contributed by atoms with Gasteiger partial charge in [-0.2, -0.15) is 0 Å². The van der Waals surface area contributed by atoms with Gasteiger partial charge in [0.2, 0.25) is 0 Å². The number of benzene rings is 2. The zero-order chi connectivity index (χ0) is 13.1. The summed E-state index contributed by atoms with van der Waals surface area (Å²) in [6.45, 7) is 2.61. The quantitative estimate of drug-likeness (QED) is 0.796. The summed E-state index contributed by atoms with van der Waals surface area (Å²) in [5.74, 6) is 0.771. The van der Waals surface area contributed by atoms with Gasteiger partial charge in [0.1, 0.15) is 12.4 Å². The third-order valence-electron chi connectivity index (χ3n) is 2.65. The summed E-state index contributed by atoms with van der Waals surface area (Å²) in [5.41, 5.74) is 8.83. The lowest BCUT2D eigenvalue weighted by Crippen LogP contribution is -1.99. The number of nitrogens with two attached hydrogens (primary N) is 1. The van der Waals surface area contributed by atoms with E-state index in [-0.39, 0.29) is 0 Å². The van der Waals surface area contributed by atoms with Crippen LogP contribution in [0.15, 0.2) is 45.3 Å². The molecule has 0 saturated heterocycles. The maximum atomic E-state index is 5.84. The van der Waals surface area contributed by atoms with Crippen molar-refractivity contribution in [1.29, 1.82) is 0 Å². The molecule has 2 rings (SSSR count). The zero-order valence-corrected chi connectivity index (χ0v) is 13.1. The van der Waals surface area contributed by atoms with Crippen LogP contribution in [0.4, 0.5) is 5.69 Å². The number of aryl methyl sites for hydroxylation is 1. The molecule has 0 saturated carbocycles. The number of ether oxygens (including phenoxy) is 1. The van der Waals surface area contributed by atoms with E-state index in [0.29, 0.717) is 12.3 Å². The fraction of sp³-hybridized carbons (Fsp3) is 0.143. The highest BCUT2D eigenvalue weighted by atomic mass is 79.9. The van der Waals surface area contributed by atoms with Gasteiger partial charge in [-0.15, -0.1) is 0 Å². The Kier molecular flexibility index (Phi) is 4.30. The molecule has 2 aromatic rings. The first-order valence-corrected chi connectivity index (χ1v) is 7.08. The topological polar surface area (TPSA) is 35.2 Å². The van der Waals surface area contributed by atoms with Crippen LogP contribution in [0, 0.1) is 6.92 Å². The minimum Gasteiger partial charge on any atom is -0.487 e. The molecule has 0 aliphatic rings. The van der Waals surface area contributed by atoms with Gasteiger partial charge in [0.05, 0.1) is 8.95 Å². The second kappa shape index (κ2) is 5.76. The lowest BCUT2D eigenvalue weighted by molar-refractivity contribution is 0.301. The van der Waals surface area contributed by atoms with Crippen LogP contribution in [0.2, 0.25) is 0 Å². The van der Waals surface area contributed by atoms with E-state index in [1.165, 1.54) is 11.1 Å². The van der Waals surface area contributed by atoms with Gasteiger partial charge in [-0.3, -0.25) is 0 Å². The summed E-state index contributed by atoms with van der Waals surface area (Å²) in [6, 6.07) is 11.8. The summed E-state index contributed by atoms with van der Waals surface area (Å²) in [5, 5.41) is 0. The van der Waals surface area contributed by atoms with Gasteiger partial charge in [0.15, 0.2) is 0 Å². The molecule has 0 aromatic heterocycles. The summed E-state index contributed by atoms with van der Waals surface area (Å²) in [7, 11) is 0. The highest BCUT2D eigenvalue weighted by Gasteiger charge is 2.08. The SMILES string of the molecule is Cc1ccccc1COc1c(Br)cc(N)cc1Br. The lowest BCUT2D eigenvalue weighted by atomic mass is 10.1. The van der Waals surface area contributed by atoms with E-state index in [1.54, 1.807) is 0 Å². The highest BCUT2D eigenvalue weighted by molar-refractivity contribution is 9.11. The molecule has 4 heteroatoms. The molecule has 18 heavy (non-hydrogen) atoms. The first-order valence-electron chi connectivity index (χ1n) is 5.50. The summed E-state index contributed by atoms with van der Waals surface area (Å²) >= 11 is 6.91. The highest BCUT2D eigenvalue weighted by Crippen LogP contribution is 2.36. The van der Waals surface area contributed by atoms with Crippen molar-refractivity contribution in [2.45, 2.75) is 13.5 Å². The Balaban J connectivity index is 2.19. The first kappa shape index (κ1) is 13.4. The Labute approximate surface area is 123 Å². The molecule has 0 bridgehead atoms. The first-order chi connectivity index (χ1) is 8.58. The number of rotatable bonds is 3. The van der Waals surface area contributed by atoms with Gasteiger partial charge >= 0.3 is 0 Å². The molecule has 0 radical (unpaired) electrons. The van der Waals surface area contributed by atoms with Crippen molar-refractivity contribution in [1.82, 2.24) is 0 Å². The van der Waals surface area contributed by atoms with Gasteiger partial charge in [-0.25, -0.2) is 0 Å². The van der Waals surface area contributed by atoms with Crippen LogP contribution in [-0.2, 0) is 6.61 Å². The molecule has 0 fully saturated rings. The van der Waals surface area contributed by atoms with Crippen LogP contribution in [-0.4, -0.2) is 0 Å². The van der Waals surface area contributed by atoms with E-state index in [9.17, 15) is 0 Å². The van der Waals surface area contributed by atoms with E-state index in [4.69, 9.17) is 10.5 Å². The maximum Gasteiger partial charge on any atom is 0.148 e. The third kappa shape index (κ3) is 3.06. The Morgan fingerprint density at radius 2 is 1.72 bits per heavy atom. The Hall–Kier alpha value is -1.000. The van der Waals surface area contributed by atoms with Crippen LogP contribution >= 0.6 is 31.9 Å². The van der Waals surface area contributed by atoms with Gasteiger partial charge < -0.3 is 10.5 Å². The normalized spacial score (nSPS) is 10.4. The van der Waals surface area contributed by atoms with Crippen molar-refractivity contribution in [3.63, 3.8) is 0 Å². The van der Waals surface area contributed by atoms with Crippen molar-refractivity contribution in [2.75, 3.05) is 5.73 Å². The molecule has 2 aromatic carbocycles. The molecular weight excluding hydrogens is 358 g/mol. The standard InChI is InChI=1S/C14H13Br2NO/c1-9-4-2-3-5-10(9)8-18-14-12(15)6-11(17)7-13(14)16/h2-7H,8,17H2,1H3. The van der Waals surface area contributed by atoms with Crippen molar-refractivity contribution in [2.24, 2.45) is 0 Å². The van der Waals surface area contributed by atoms with E-state index in [0.717, 1.165) is 14.7 Å². The predicted molar refractivity (Wildman–Crippen MR) is 81.8 cm³/mol. The molecule has 0 unspecified atom stereocenters. The molecule has 0 atom stereocenters. The molecule has 2 nitrogen and oxygen atoms in total. The van der Waals surface area contributed by atoms with Crippen molar-refractivity contribution in [3.8, 4) is 5.75 Å². The van der Waals surface area contributed by atoms with Crippen LogP contribution in [0.5, 0.6) is 5.75 Å². The number of anilines is 1. The fourth-order valence-electron chi connectivity index (χ4n) is 1.64. The summed E-state index contributed by atoms with van der Waals surface area (Å²) in [6.07, 6.45) is 0. The van der Waals surface area contributed by atoms with Crippen LogP contribution < -0.4 is 10.5 Å². The molecule has 94 valence electrons.